The van der Waals surface area contributed by atoms with Crippen LogP contribution in [0.4, 0.5) is 10.1 Å². The van der Waals surface area contributed by atoms with Gasteiger partial charge in [-0.3, -0.25) is 0 Å². The van der Waals surface area contributed by atoms with Crippen molar-refractivity contribution in [3.63, 3.8) is 0 Å². The van der Waals surface area contributed by atoms with Gasteiger partial charge in [-0.25, -0.2) is 9.07 Å². The van der Waals surface area contributed by atoms with Gasteiger partial charge in [0.1, 0.15) is 11.5 Å². The first-order chi connectivity index (χ1) is 10.1. The average Bonchev–Trinajstić information content (AvgIpc) is 2.84. The van der Waals surface area contributed by atoms with E-state index in [1.807, 2.05) is 30.3 Å². The molecule has 0 aliphatic heterocycles. The molecule has 2 N–H and O–H groups in total. The van der Waals surface area contributed by atoms with E-state index < -0.39 is 0 Å². The molecular formula is C16H13BrFN3. The number of nitrogen functional groups attached to an aromatic ring is 1. The van der Waals surface area contributed by atoms with Crippen LogP contribution in [0, 0.1) is 12.7 Å². The number of nitrogens with zero attached hydrogens (tertiary/aromatic N) is 2. The van der Waals surface area contributed by atoms with Gasteiger partial charge in [0.15, 0.2) is 0 Å². The van der Waals surface area contributed by atoms with Crippen molar-refractivity contribution < 1.29 is 4.39 Å². The Kier molecular flexibility index (Phi) is 3.51. The molecule has 0 saturated carbocycles. The van der Waals surface area contributed by atoms with Gasteiger partial charge in [0, 0.05) is 10.0 Å². The fraction of sp³-hybridized carbons (Fsp3) is 0.0625. The van der Waals surface area contributed by atoms with Crippen molar-refractivity contribution in [2.75, 3.05) is 5.73 Å². The lowest BCUT2D eigenvalue weighted by Gasteiger charge is -2.04. The Morgan fingerprint density at radius 1 is 1.19 bits per heavy atom. The predicted octanol–water partition coefficient (Wildman–Crippen LogP) is 4.33. The highest BCUT2D eigenvalue weighted by atomic mass is 79.9. The molecule has 106 valence electrons. The molecule has 0 atom stereocenters. The molecule has 3 nitrogen and oxygen atoms in total. The van der Waals surface area contributed by atoms with E-state index in [4.69, 9.17) is 5.73 Å². The monoisotopic (exact) mass is 345 g/mol. The van der Waals surface area contributed by atoms with Crippen molar-refractivity contribution in [1.82, 2.24) is 9.78 Å². The second-order valence-corrected chi connectivity index (χ2v) is 5.65. The summed E-state index contributed by atoms with van der Waals surface area (Å²) in [5.74, 6) is -0.262. The molecular weight excluding hydrogens is 333 g/mol. The van der Waals surface area contributed by atoms with E-state index in [1.165, 1.54) is 6.07 Å². The highest BCUT2D eigenvalue weighted by Crippen LogP contribution is 2.28. The second-order valence-electron chi connectivity index (χ2n) is 4.79. The summed E-state index contributed by atoms with van der Waals surface area (Å²) in [6.07, 6.45) is 1.73. The number of aryl methyl sites for hydroxylation is 1. The Labute approximate surface area is 130 Å². The number of anilines is 1. The van der Waals surface area contributed by atoms with Gasteiger partial charge in [0.2, 0.25) is 0 Å². The number of rotatable bonds is 2. The molecule has 0 saturated heterocycles. The minimum absolute atomic E-state index is 0.262. The zero-order chi connectivity index (χ0) is 15.0. The molecule has 0 amide bonds. The van der Waals surface area contributed by atoms with Gasteiger partial charge in [0.05, 0.1) is 17.6 Å². The Balaban J connectivity index is 2.10. The quantitative estimate of drug-likeness (QED) is 0.751. The number of para-hydroxylation sites is 1. The van der Waals surface area contributed by atoms with Crippen LogP contribution in [-0.2, 0) is 0 Å². The zero-order valence-electron chi connectivity index (χ0n) is 11.3. The largest absolute Gasteiger partial charge is 0.396 e. The van der Waals surface area contributed by atoms with Crippen molar-refractivity contribution in [2.45, 2.75) is 6.92 Å². The van der Waals surface area contributed by atoms with Crippen LogP contribution in [0.15, 0.2) is 53.1 Å². The first kappa shape index (κ1) is 13.8. The van der Waals surface area contributed by atoms with Crippen molar-refractivity contribution >= 4 is 21.6 Å². The number of nitrogens with two attached hydrogens (primary N) is 1. The highest BCUT2D eigenvalue weighted by molar-refractivity contribution is 9.10. The summed E-state index contributed by atoms with van der Waals surface area (Å²) >= 11 is 3.48. The second kappa shape index (κ2) is 5.33. The van der Waals surface area contributed by atoms with Crippen molar-refractivity contribution in [3.05, 3.63) is 64.5 Å². The molecule has 3 aromatic rings. The summed E-state index contributed by atoms with van der Waals surface area (Å²) in [6, 6.07) is 12.7. The van der Waals surface area contributed by atoms with Crippen LogP contribution < -0.4 is 5.73 Å². The molecule has 1 heterocycles. The highest BCUT2D eigenvalue weighted by Gasteiger charge is 2.12. The van der Waals surface area contributed by atoms with Crippen molar-refractivity contribution in [1.29, 1.82) is 0 Å². The standard InChI is InChI=1S/C16H13BrFN3/c1-10-6-7-11(8-13(10)18)16-14(19)9-21(20-16)15-5-3-2-4-12(15)17/h2-9H,19H2,1H3. The summed E-state index contributed by atoms with van der Waals surface area (Å²) in [4.78, 5) is 0. The van der Waals surface area contributed by atoms with E-state index in [-0.39, 0.29) is 5.82 Å². The van der Waals surface area contributed by atoms with Gasteiger partial charge in [-0.1, -0.05) is 24.3 Å². The van der Waals surface area contributed by atoms with Gasteiger partial charge in [-0.2, -0.15) is 5.10 Å². The molecule has 2 aromatic carbocycles. The smallest absolute Gasteiger partial charge is 0.126 e. The van der Waals surface area contributed by atoms with E-state index in [2.05, 4.69) is 21.0 Å². The number of aromatic nitrogens is 2. The lowest BCUT2D eigenvalue weighted by atomic mass is 10.1. The van der Waals surface area contributed by atoms with Crippen molar-refractivity contribution in [2.24, 2.45) is 0 Å². The van der Waals surface area contributed by atoms with Crippen LogP contribution in [0.3, 0.4) is 0 Å². The van der Waals surface area contributed by atoms with Gasteiger partial charge in [-0.15, -0.1) is 0 Å². The maximum absolute atomic E-state index is 13.7. The van der Waals surface area contributed by atoms with E-state index in [9.17, 15) is 4.39 Å². The third-order valence-electron chi connectivity index (χ3n) is 3.29. The van der Waals surface area contributed by atoms with Gasteiger partial charge in [-0.05, 0) is 46.6 Å². The lowest BCUT2D eigenvalue weighted by Crippen LogP contribution is -1.96. The van der Waals surface area contributed by atoms with Crippen LogP contribution in [0.2, 0.25) is 0 Å². The molecule has 5 heteroatoms. The normalized spacial score (nSPS) is 10.8. The zero-order valence-corrected chi connectivity index (χ0v) is 12.9. The number of hydrogen-bond donors (Lipinski definition) is 1. The predicted molar refractivity (Wildman–Crippen MR) is 85.8 cm³/mol. The number of halogens is 2. The fourth-order valence-corrected chi connectivity index (χ4v) is 2.58. The molecule has 0 fully saturated rings. The van der Waals surface area contributed by atoms with E-state index in [0.717, 1.165) is 10.2 Å². The Morgan fingerprint density at radius 3 is 2.67 bits per heavy atom. The molecule has 0 aliphatic rings. The van der Waals surface area contributed by atoms with Crippen LogP contribution in [0.1, 0.15) is 5.56 Å². The summed E-state index contributed by atoms with van der Waals surface area (Å²) in [7, 11) is 0. The molecule has 0 spiro atoms. The number of hydrogen-bond acceptors (Lipinski definition) is 2. The topological polar surface area (TPSA) is 43.8 Å². The first-order valence-electron chi connectivity index (χ1n) is 6.43. The number of benzene rings is 2. The lowest BCUT2D eigenvalue weighted by molar-refractivity contribution is 0.619. The first-order valence-corrected chi connectivity index (χ1v) is 7.22. The third-order valence-corrected chi connectivity index (χ3v) is 3.96. The van der Waals surface area contributed by atoms with Crippen LogP contribution in [0.5, 0.6) is 0 Å². The molecule has 1 aromatic heterocycles. The minimum atomic E-state index is -0.262. The fourth-order valence-electron chi connectivity index (χ4n) is 2.11. The minimum Gasteiger partial charge on any atom is -0.396 e. The molecule has 0 bridgehead atoms. The molecule has 3 rings (SSSR count). The van der Waals surface area contributed by atoms with Crippen LogP contribution in [-0.4, -0.2) is 9.78 Å². The Morgan fingerprint density at radius 2 is 1.95 bits per heavy atom. The van der Waals surface area contributed by atoms with E-state index in [1.54, 1.807) is 23.9 Å². The molecule has 0 unspecified atom stereocenters. The Bertz CT molecular complexity index is 811. The van der Waals surface area contributed by atoms with E-state index >= 15 is 0 Å². The molecule has 21 heavy (non-hydrogen) atoms. The summed E-state index contributed by atoms with van der Waals surface area (Å²) in [5, 5.41) is 4.48. The van der Waals surface area contributed by atoms with Gasteiger partial charge < -0.3 is 5.73 Å². The average molecular weight is 346 g/mol. The summed E-state index contributed by atoms with van der Waals surface area (Å²) in [6.45, 7) is 1.72. The van der Waals surface area contributed by atoms with Crippen LogP contribution in [0.25, 0.3) is 16.9 Å². The summed E-state index contributed by atoms with van der Waals surface area (Å²) < 4.78 is 16.3. The maximum atomic E-state index is 13.7. The summed E-state index contributed by atoms with van der Waals surface area (Å²) in [5.41, 5.74) is 9.26. The molecule has 0 aliphatic carbocycles. The van der Waals surface area contributed by atoms with Crippen LogP contribution >= 0.6 is 15.9 Å². The van der Waals surface area contributed by atoms with Gasteiger partial charge >= 0.3 is 0 Å². The van der Waals surface area contributed by atoms with Crippen molar-refractivity contribution in [3.8, 4) is 16.9 Å². The maximum Gasteiger partial charge on any atom is 0.126 e. The third kappa shape index (κ3) is 2.56. The SMILES string of the molecule is Cc1ccc(-c2nn(-c3ccccc3Br)cc2N)cc1F. The Hall–Kier alpha value is -2.14. The van der Waals surface area contributed by atoms with E-state index in [0.29, 0.717) is 22.5 Å². The molecule has 0 radical (unpaired) electrons. The van der Waals surface area contributed by atoms with Gasteiger partial charge in [0.25, 0.3) is 0 Å².